The van der Waals surface area contributed by atoms with Gasteiger partial charge in [-0.3, -0.25) is 0 Å². The van der Waals surface area contributed by atoms with Gasteiger partial charge >= 0.3 is 0 Å². The number of aromatic nitrogens is 3. The average molecular weight is 273 g/mol. The van der Waals surface area contributed by atoms with Crippen molar-refractivity contribution in [2.75, 3.05) is 13.1 Å². The molecule has 1 fully saturated rings. The van der Waals surface area contributed by atoms with E-state index in [2.05, 4.69) is 18.7 Å². The summed E-state index contributed by atoms with van der Waals surface area (Å²) in [5.41, 5.74) is 7.69. The van der Waals surface area contributed by atoms with Crippen LogP contribution in [0.25, 0.3) is 5.65 Å². The SMILES string of the molecule is CC(C)N1CCCC(c2nc3cccc(CN)n3n2)C1. The molecule has 0 aromatic carbocycles. The molecule has 1 aliphatic rings. The summed E-state index contributed by atoms with van der Waals surface area (Å²) >= 11 is 0. The second-order valence-electron chi connectivity index (χ2n) is 5.89. The Balaban J connectivity index is 1.90. The minimum atomic E-state index is 0.441. The molecule has 1 unspecified atom stereocenters. The predicted molar refractivity (Wildman–Crippen MR) is 79.6 cm³/mol. The van der Waals surface area contributed by atoms with Crippen molar-refractivity contribution in [3.8, 4) is 0 Å². The Bertz CT molecular complexity index is 589. The van der Waals surface area contributed by atoms with Crippen molar-refractivity contribution in [2.45, 2.75) is 45.2 Å². The zero-order chi connectivity index (χ0) is 14.1. The first kappa shape index (κ1) is 13.5. The van der Waals surface area contributed by atoms with Gasteiger partial charge in [-0.1, -0.05) is 6.07 Å². The molecule has 1 saturated heterocycles. The van der Waals surface area contributed by atoms with E-state index in [0.29, 0.717) is 18.5 Å². The molecule has 1 aliphatic heterocycles. The minimum Gasteiger partial charge on any atom is -0.325 e. The molecule has 2 N–H and O–H groups in total. The van der Waals surface area contributed by atoms with Crippen LogP contribution in [0, 0.1) is 0 Å². The molecule has 0 aliphatic carbocycles. The highest BCUT2D eigenvalue weighted by atomic mass is 15.3. The summed E-state index contributed by atoms with van der Waals surface area (Å²) in [6.45, 7) is 7.25. The quantitative estimate of drug-likeness (QED) is 0.926. The smallest absolute Gasteiger partial charge is 0.156 e. The first-order chi connectivity index (χ1) is 9.69. The van der Waals surface area contributed by atoms with Gasteiger partial charge < -0.3 is 10.6 Å². The van der Waals surface area contributed by atoms with Crippen LogP contribution in [0.3, 0.4) is 0 Å². The standard InChI is InChI=1S/C15H23N5/c1-11(2)19-8-4-5-12(10-19)15-17-14-7-3-6-13(9-16)20(14)18-15/h3,6-7,11-12H,4-5,8-10,16H2,1-2H3. The van der Waals surface area contributed by atoms with Crippen LogP contribution in [-0.4, -0.2) is 38.6 Å². The van der Waals surface area contributed by atoms with Gasteiger partial charge in [-0.25, -0.2) is 9.50 Å². The molecule has 2 aromatic rings. The molecule has 20 heavy (non-hydrogen) atoms. The molecule has 0 spiro atoms. The molecule has 5 nitrogen and oxygen atoms in total. The lowest BCUT2D eigenvalue weighted by atomic mass is 9.96. The van der Waals surface area contributed by atoms with Crippen LogP contribution in [0.2, 0.25) is 0 Å². The summed E-state index contributed by atoms with van der Waals surface area (Å²) in [5, 5.41) is 4.70. The third kappa shape index (κ3) is 2.43. The maximum atomic E-state index is 5.77. The molecule has 0 saturated carbocycles. The summed E-state index contributed by atoms with van der Waals surface area (Å²) in [4.78, 5) is 7.23. The fraction of sp³-hybridized carbons (Fsp3) is 0.600. The van der Waals surface area contributed by atoms with Gasteiger partial charge in [-0.2, -0.15) is 5.10 Å². The van der Waals surface area contributed by atoms with Gasteiger partial charge in [0.2, 0.25) is 0 Å². The van der Waals surface area contributed by atoms with Crippen molar-refractivity contribution in [3.63, 3.8) is 0 Å². The number of nitrogens with two attached hydrogens (primary N) is 1. The Morgan fingerprint density at radius 2 is 2.25 bits per heavy atom. The summed E-state index contributed by atoms with van der Waals surface area (Å²) in [6.07, 6.45) is 2.40. The molecule has 3 rings (SSSR count). The van der Waals surface area contributed by atoms with E-state index >= 15 is 0 Å². The molecule has 5 heteroatoms. The van der Waals surface area contributed by atoms with Gasteiger partial charge in [0.25, 0.3) is 0 Å². The lowest BCUT2D eigenvalue weighted by molar-refractivity contribution is 0.165. The van der Waals surface area contributed by atoms with Crippen molar-refractivity contribution >= 4 is 5.65 Å². The highest BCUT2D eigenvalue weighted by Crippen LogP contribution is 2.26. The lowest BCUT2D eigenvalue weighted by Crippen LogP contribution is -2.39. The number of nitrogens with zero attached hydrogens (tertiary/aromatic N) is 4. The van der Waals surface area contributed by atoms with E-state index in [9.17, 15) is 0 Å². The molecule has 108 valence electrons. The second kappa shape index (κ2) is 5.50. The largest absolute Gasteiger partial charge is 0.325 e. The fourth-order valence-corrected chi connectivity index (χ4v) is 2.99. The van der Waals surface area contributed by atoms with Crippen molar-refractivity contribution in [1.29, 1.82) is 0 Å². The van der Waals surface area contributed by atoms with E-state index in [4.69, 9.17) is 15.8 Å². The molecule has 0 amide bonds. The van der Waals surface area contributed by atoms with Gasteiger partial charge in [0, 0.05) is 25.0 Å². The predicted octanol–water partition coefficient (Wildman–Crippen LogP) is 1.78. The van der Waals surface area contributed by atoms with E-state index < -0.39 is 0 Å². The maximum absolute atomic E-state index is 5.77. The van der Waals surface area contributed by atoms with E-state index in [-0.39, 0.29) is 0 Å². The van der Waals surface area contributed by atoms with Crippen LogP contribution in [0.5, 0.6) is 0 Å². The summed E-state index contributed by atoms with van der Waals surface area (Å²) in [6, 6.07) is 6.59. The number of fused-ring (bicyclic) bond motifs is 1. The van der Waals surface area contributed by atoms with E-state index in [1.807, 2.05) is 22.7 Å². The third-order valence-electron chi connectivity index (χ3n) is 4.21. The average Bonchev–Trinajstić information content (AvgIpc) is 2.91. The van der Waals surface area contributed by atoms with Gasteiger partial charge in [0.05, 0.1) is 5.69 Å². The summed E-state index contributed by atoms with van der Waals surface area (Å²) in [5.74, 6) is 1.41. The molecule has 0 bridgehead atoms. The third-order valence-corrected chi connectivity index (χ3v) is 4.21. The molecule has 0 radical (unpaired) electrons. The van der Waals surface area contributed by atoms with Crippen molar-refractivity contribution in [1.82, 2.24) is 19.5 Å². The molecule has 2 aromatic heterocycles. The number of likely N-dealkylation sites (tertiary alicyclic amines) is 1. The molecule has 3 heterocycles. The topological polar surface area (TPSA) is 59.5 Å². The first-order valence-corrected chi connectivity index (χ1v) is 7.47. The molecular weight excluding hydrogens is 250 g/mol. The Labute approximate surface area is 119 Å². The van der Waals surface area contributed by atoms with Crippen LogP contribution >= 0.6 is 0 Å². The minimum absolute atomic E-state index is 0.441. The Morgan fingerprint density at radius 1 is 1.40 bits per heavy atom. The molecule has 1 atom stereocenters. The van der Waals surface area contributed by atoms with E-state index in [1.54, 1.807) is 0 Å². The normalized spacial score (nSPS) is 20.9. The first-order valence-electron chi connectivity index (χ1n) is 7.47. The second-order valence-corrected chi connectivity index (χ2v) is 5.89. The van der Waals surface area contributed by atoms with Crippen LogP contribution in [0.15, 0.2) is 18.2 Å². The molecular formula is C15H23N5. The highest BCUT2D eigenvalue weighted by Gasteiger charge is 2.26. The van der Waals surface area contributed by atoms with Crippen molar-refractivity contribution < 1.29 is 0 Å². The van der Waals surface area contributed by atoms with E-state index in [0.717, 1.165) is 23.7 Å². The van der Waals surface area contributed by atoms with Gasteiger partial charge in [-0.15, -0.1) is 0 Å². The van der Waals surface area contributed by atoms with Crippen molar-refractivity contribution in [3.05, 3.63) is 29.7 Å². The summed E-state index contributed by atoms with van der Waals surface area (Å²) in [7, 11) is 0. The van der Waals surface area contributed by atoms with Gasteiger partial charge in [0.15, 0.2) is 11.5 Å². The monoisotopic (exact) mass is 273 g/mol. The Kier molecular flexibility index (Phi) is 3.72. The number of piperidine rings is 1. The number of hydrogen-bond acceptors (Lipinski definition) is 4. The summed E-state index contributed by atoms with van der Waals surface area (Å²) < 4.78 is 1.89. The van der Waals surface area contributed by atoms with E-state index in [1.165, 1.54) is 19.4 Å². The van der Waals surface area contributed by atoms with Crippen LogP contribution in [0.4, 0.5) is 0 Å². The van der Waals surface area contributed by atoms with Crippen LogP contribution < -0.4 is 5.73 Å². The van der Waals surface area contributed by atoms with Crippen LogP contribution in [-0.2, 0) is 6.54 Å². The van der Waals surface area contributed by atoms with Gasteiger partial charge in [0.1, 0.15) is 0 Å². The van der Waals surface area contributed by atoms with Crippen LogP contribution in [0.1, 0.15) is 44.1 Å². The number of rotatable bonds is 3. The Morgan fingerprint density at radius 3 is 3.00 bits per heavy atom. The number of pyridine rings is 1. The zero-order valence-corrected chi connectivity index (χ0v) is 12.3. The lowest BCUT2D eigenvalue weighted by Gasteiger charge is -2.34. The number of hydrogen-bond donors (Lipinski definition) is 1. The van der Waals surface area contributed by atoms with Crippen molar-refractivity contribution in [2.24, 2.45) is 5.73 Å². The fourth-order valence-electron chi connectivity index (χ4n) is 2.99. The van der Waals surface area contributed by atoms with Gasteiger partial charge in [-0.05, 0) is 45.4 Å². The Hall–Kier alpha value is -1.46. The maximum Gasteiger partial charge on any atom is 0.156 e. The zero-order valence-electron chi connectivity index (χ0n) is 12.3. The highest BCUT2D eigenvalue weighted by molar-refractivity contribution is 5.39.